The van der Waals surface area contributed by atoms with Crippen LogP contribution in [0, 0.1) is 0 Å². The lowest BCUT2D eigenvalue weighted by molar-refractivity contribution is 0.0598. The molecule has 1 fully saturated rings. The molecule has 10 nitrogen and oxygen atoms in total. The van der Waals surface area contributed by atoms with E-state index >= 15 is 0 Å². The molecule has 0 bridgehead atoms. The molecule has 3 aromatic carbocycles. The molecule has 1 amide bonds. The van der Waals surface area contributed by atoms with Gasteiger partial charge in [0.2, 0.25) is 0 Å². The first kappa shape index (κ1) is 26.0. The van der Waals surface area contributed by atoms with E-state index in [4.69, 9.17) is 20.3 Å². The summed E-state index contributed by atoms with van der Waals surface area (Å²) in [4.78, 5) is 35.7. The van der Waals surface area contributed by atoms with Crippen molar-refractivity contribution in [1.82, 2.24) is 24.6 Å². The Balaban J connectivity index is 1.27. The standard InChI is InChI=1S/C31H28N6O4/c1-40-31(39)22-11-9-21(10-12-22)30(38)36-17-5-6-23(18-36)37-29-26(28(32)33-19-34-29)27(35-37)20-13-15-25(16-14-20)41-24-7-3-2-4-8-24/h2-4,7-16,19,23H,5-6,17-18H2,1H3,(H2,32,33,34)/t23-/m1/s1. The summed E-state index contributed by atoms with van der Waals surface area (Å²) in [6.45, 7) is 1.09. The highest BCUT2D eigenvalue weighted by Crippen LogP contribution is 2.35. The highest BCUT2D eigenvalue weighted by Gasteiger charge is 2.29. The number of rotatable bonds is 6. The minimum atomic E-state index is -0.442. The Labute approximate surface area is 236 Å². The molecule has 0 spiro atoms. The number of para-hydroxylation sites is 1. The summed E-state index contributed by atoms with van der Waals surface area (Å²) >= 11 is 0. The highest BCUT2D eigenvalue weighted by molar-refractivity contribution is 5.98. The molecule has 0 aliphatic carbocycles. The SMILES string of the molecule is COC(=O)c1ccc(C(=O)N2CCC[C@@H](n3nc(-c4ccc(Oc5ccccc5)cc4)c4c(N)ncnc43)C2)cc1. The molecule has 2 aromatic heterocycles. The van der Waals surface area contributed by atoms with Gasteiger partial charge in [0.15, 0.2) is 5.65 Å². The zero-order chi connectivity index (χ0) is 28.3. The van der Waals surface area contributed by atoms with E-state index in [1.807, 2.05) is 64.2 Å². The largest absolute Gasteiger partial charge is 0.465 e. The molecule has 6 rings (SSSR count). The van der Waals surface area contributed by atoms with Gasteiger partial charge in [0.05, 0.1) is 24.1 Å². The van der Waals surface area contributed by atoms with E-state index in [1.54, 1.807) is 24.3 Å². The molecule has 1 atom stereocenters. The van der Waals surface area contributed by atoms with E-state index in [1.165, 1.54) is 13.4 Å². The number of hydrogen-bond acceptors (Lipinski definition) is 8. The van der Waals surface area contributed by atoms with E-state index in [-0.39, 0.29) is 11.9 Å². The lowest BCUT2D eigenvalue weighted by Crippen LogP contribution is -2.41. The van der Waals surface area contributed by atoms with Crippen LogP contribution in [0.2, 0.25) is 0 Å². The second-order valence-electron chi connectivity index (χ2n) is 9.81. The fourth-order valence-electron chi connectivity index (χ4n) is 5.15. The number of esters is 1. The van der Waals surface area contributed by atoms with Crippen molar-refractivity contribution in [1.29, 1.82) is 0 Å². The molecule has 1 aliphatic rings. The first-order valence-corrected chi connectivity index (χ1v) is 13.3. The van der Waals surface area contributed by atoms with Gasteiger partial charge < -0.3 is 20.1 Å². The number of nitrogen functional groups attached to an aromatic ring is 1. The van der Waals surface area contributed by atoms with Gasteiger partial charge in [-0.15, -0.1) is 0 Å². The van der Waals surface area contributed by atoms with Crippen molar-refractivity contribution in [3.63, 3.8) is 0 Å². The highest BCUT2D eigenvalue weighted by atomic mass is 16.5. The number of nitrogens with zero attached hydrogens (tertiary/aromatic N) is 5. The van der Waals surface area contributed by atoms with Crippen LogP contribution < -0.4 is 10.5 Å². The predicted octanol–water partition coefficient (Wildman–Crippen LogP) is 5.13. The van der Waals surface area contributed by atoms with E-state index in [0.29, 0.717) is 52.5 Å². The Morgan fingerprint density at radius 2 is 1.61 bits per heavy atom. The minimum Gasteiger partial charge on any atom is -0.465 e. The molecule has 0 radical (unpaired) electrons. The zero-order valence-electron chi connectivity index (χ0n) is 22.4. The fourth-order valence-corrected chi connectivity index (χ4v) is 5.15. The van der Waals surface area contributed by atoms with Crippen LogP contribution in [-0.2, 0) is 4.74 Å². The van der Waals surface area contributed by atoms with E-state index in [0.717, 1.165) is 24.2 Å². The average Bonchev–Trinajstić information content (AvgIpc) is 3.42. The number of aromatic nitrogens is 4. The first-order valence-electron chi connectivity index (χ1n) is 13.3. The topological polar surface area (TPSA) is 125 Å². The van der Waals surface area contributed by atoms with Crippen molar-refractivity contribution < 1.29 is 19.1 Å². The molecule has 5 aromatic rings. The number of likely N-dealkylation sites (tertiary alicyclic amines) is 1. The van der Waals surface area contributed by atoms with Crippen molar-refractivity contribution in [2.75, 3.05) is 25.9 Å². The quantitative estimate of drug-likeness (QED) is 0.290. The van der Waals surface area contributed by atoms with Crippen molar-refractivity contribution >= 4 is 28.7 Å². The second kappa shape index (κ2) is 11.1. The summed E-state index contributed by atoms with van der Waals surface area (Å²) < 4.78 is 12.6. The fraction of sp³-hybridized carbons (Fsp3) is 0.194. The number of hydrogen-bond donors (Lipinski definition) is 1. The zero-order valence-corrected chi connectivity index (χ0v) is 22.4. The Morgan fingerprint density at radius 1 is 0.902 bits per heavy atom. The molecular formula is C31H28N6O4. The van der Waals surface area contributed by atoms with Crippen molar-refractivity contribution in [2.45, 2.75) is 18.9 Å². The summed E-state index contributed by atoms with van der Waals surface area (Å²) in [5.74, 6) is 1.25. The van der Waals surface area contributed by atoms with Crippen LogP contribution in [0.3, 0.4) is 0 Å². The van der Waals surface area contributed by atoms with Gasteiger partial charge >= 0.3 is 5.97 Å². The predicted molar refractivity (Wildman–Crippen MR) is 154 cm³/mol. The Hall–Kier alpha value is -5.25. The van der Waals surface area contributed by atoms with Crippen LogP contribution in [0.15, 0.2) is 85.2 Å². The number of methoxy groups -OCH3 is 1. The van der Waals surface area contributed by atoms with Gasteiger partial charge in [-0.05, 0) is 73.5 Å². The average molecular weight is 549 g/mol. The third kappa shape index (κ3) is 5.19. The Kier molecular flexibility index (Phi) is 7.03. The maximum atomic E-state index is 13.4. The van der Waals surface area contributed by atoms with Crippen LogP contribution in [0.25, 0.3) is 22.3 Å². The van der Waals surface area contributed by atoms with Gasteiger partial charge in [-0.2, -0.15) is 5.10 Å². The number of carbonyl (C=O) groups excluding carboxylic acids is 2. The van der Waals surface area contributed by atoms with Gasteiger partial charge in [-0.25, -0.2) is 19.4 Å². The summed E-state index contributed by atoms with van der Waals surface area (Å²) in [6.07, 6.45) is 3.07. The molecule has 1 saturated heterocycles. The molecule has 3 heterocycles. The number of piperidine rings is 1. The molecule has 41 heavy (non-hydrogen) atoms. The van der Waals surface area contributed by atoms with E-state index in [2.05, 4.69) is 9.97 Å². The number of ether oxygens (including phenoxy) is 2. The van der Waals surface area contributed by atoms with Gasteiger partial charge in [-0.3, -0.25) is 4.79 Å². The number of carbonyl (C=O) groups is 2. The summed E-state index contributed by atoms with van der Waals surface area (Å²) in [5.41, 5.74) is 9.39. The van der Waals surface area contributed by atoms with Crippen LogP contribution >= 0.6 is 0 Å². The van der Waals surface area contributed by atoms with Gasteiger partial charge in [-0.1, -0.05) is 18.2 Å². The molecule has 10 heteroatoms. The van der Waals surface area contributed by atoms with Crippen molar-refractivity contribution in [3.8, 4) is 22.8 Å². The van der Waals surface area contributed by atoms with Crippen LogP contribution in [0.5, 0.6) is 11.5 Å². The number of benzene rings is 3. The van der Waals surface area contributed by atoms with E-state index in [9.17, 15) is 9.59 Å². The maximum Gasteiger partial charge on any atom is 0.337 e. The van der Waals surface area contributed by atoms with Crippen LogP contribution in [0.4, 0.5) is 5.82 Å². The Bertz CT molecular complexity index is 1700. The van der Waals surface area contributed by atoms with Gasteiger partial charge in [0.25, 0.3) is 5.91 Å². The third-order valence-electron chi connectivity index (χ3n) is 7.21. The maximum absolute atomic E-state index is 13.4. The molecule has 0 saturated carbocycles. The molecular weight excluding hydrogens is 520 g/mol. The van der Waals surface area contributed by atoms with Crippen LogP contribution in [-0.4, -0.2) is 56.7 Å². The van der Waals surface area contributed by atoms with Crippen LogP contribution in [0.1, 0.15) is 39.6 Å². The molecule has 2 N–H and O–H groups in total. The third-order valence-corrected chi connectivity index (χ3v) is 7.21. The smallest absolute Gasteiger partial charge is 0.337 e. The summed E-state index contributed by atoms with van der Waals surface area (Å²) in [6, 6.07) is 23.6. The lowest BCUT2D eigenvalue weighted by Gasteiger charge is -2.33. The van der Waals surface area contributed by atoms with Crippen molar-refractivity contribution in [2.24, 2.45) is 0 Å². The molecule has 0 unspecified atom stereocenters. The normalized spacial score (nSPS) is 15.0. The Morgan fingerprint density at radius 3 is 2.34 bits per heavy atom. The number of fused-ring (bicyclic) bond motifs is 1. The molecule has 206 valence electrons. The second-order valence-corrected chi connectivity index (χ2v) is 9.81. The van der Waals surface area contributed by atoms with Crippen molar-refractivity contribution in [3.05, 3.63) is 96.3 Å². The minimum absolute atomic E-state index is 0.103. The van der Waals surface area contributed by atoms with E-state index < -0.39 is 5.97 Å². The number of nitrogens with two attached hydrogens (primary N) is 1. The lowest BCUT2D eigenvalue weighted by atomic mass is 10.0. The molecule has 1 aliphatic heterocycles. The summed E-state index contributed by atoms with van der Waals surface area (Å²) in [5, 5.41) is 5.64. The monoisotopic (exact) mass is 548 g/mol. The van der Waals surface area contributed by atoms with Gasteiger partial charge in [0.1, 0.15) is 29.3 Å². The number of anilines is 1. The first-order chi connectivity index (χ1) is 20.0. The summed E-state index contributed by atoms with van der Waals surface area (Å²) in [7, 11) is 1.33. The van der Waals surface area contributed by atoms with Gasteiger partial charge in [0, 0.05) is 24.2 Å². The number of amides is 1.